The van der Waals surface area contributed by atoms with Gasteiger partial charge in [-0.1, -0.05) is 29.8 Å². The first-order chi connectivity index (χ1) is 11.6. The Balaban J connectivity index is 2.03. The summed E-state index contributed by atoms with van der Waals surface area (Å²) in [4.78, 5) is 11.7. The molecule has 0 bridgehead atoms. The average molecular weight is 344 g/mol. The summed E-state index contributed by atoms with van der Waals surface area (Å²) in [6.07, 6.45) is 6.78. The summed E-state index contributed by atoms with van der Waals surface area (Å²) in [5.74, 6) is 1.54. The summed E-state index contributed by atoms with van der Waals surface area (Å²) in [6, 6.07) is 12.2. The lowest BCUT2D eigenvalue weighted by Gasteiger charge is -2.11. The molecule has 0 saturated heterocycles. The fourth-order valence-electron chi connectivity index (χ4n) is 1.90. The molecule has 0 aliphatic heterocycles. The van der Waals surface area contributed by atoms with Gasteiger partial charge in [0.2, 0.25) is 5.91 Å². The van der Waals surface area contributed by atoms with E-state index < -0.39 is 0 Å². The van der Waals surface area contributed by atoms with Gasteiger partial charge in [0.25, 0.3) is 0 Å². The Bertz CT molecular complexity index is 752. The van der Waals surface area contributed by atoms with Gasteiger partial charge in [-0.25, -0.2) is 0 Å². The van der Waals surface area contributed by atoms with Crippen LogP contribution in [0, 0.1) is 0 Å². The SMILES string of the molecule is C/C=C/C=C/C(=O)Nc1ccc(Oc2ccc(Cl)cc2OC)cc1. The van der Waals surface area contributed by atoms with Gasteiger partial charge in [-0.2, -0.15) is 0 Å². The number of amides is 1. The van der Waals surface area contributed by atoms with Crippen molar-refractivity contribution in [3.05, 3.63) is 71.8 Å². The lowest BCUT2D eigenvalue weighted by atomic mass is 10.3. The molecule has 0 fully saturated rings. The van der Waals surface area contributed by atoms with Crippen LogP contribution in [0.25, 0.3) is 0 Å². The zero-order valence-electron chi connectivity index (χ0n) is 13.5. The number of carbonyl (C=O) groups excluding carboxylic acids is 1. The first kappa shape index (κ1) is 17.6. The highest BCUT2D eigenvalue weighted by Gasteiger charge is 2.06. The molecule has 1 amide bonds. The first-order valence-electron chi connectivity index (χ1n) is 7.34. The summed E-state index contributed by atoms with van der Waals surface area (Å²) in [7, 11) is 1.55. The van der Waals surface area contributed by atoms with E-state index in [9.17, 15) is 4.79 Å². The minimum atomic E-state index is -0.193. The van der Waals surface area contributed by atoms with Gasteiger partial charge in [-0.3, -0.25) is 4.79 Å². The molecular formula is C19H18ClNO3. The molecule has 124 valence electrons. The van der Waals surface area contributed by atoms with Crippen molar-refractivity contribution >= 4 is 23.2 Å². The van der Waals surface area contributed by atoms with Crippen LogP contribution in [0.15, 0.2) is 66.8 Å². The lowest BCUT2D eigenvalue weighted by Crippen LogP contribution is -2.07. The fraction of sp³-hybridized carbons (Fsp3) is 0.105. The van der Waals surface area contributed by atoms with Crippen LogP contribution in [0.3, 0.4) is 0 Å². The maximum atomic E-state index is 11.7. The number of hydrogen-bond donors (Lipinski definition) is 1. The van der Waals surface area contributed by atoms with E-state index in [1.165, 1.54) is 6.08 Å². The van der Waals surface area contributed by atoms with Crippen LogP contribution in [-0.4, -0.2) is 13.0 Å². The summed E-state index contributed by atoms with van der Waals surface area (Å²) >= 11 is 5.93. The van der Waals surface area contributed by atoms with Gasteiger partial charge >= 0.3 is 0 Å². The van der Waals surface area contributed by atoms with Gasteiger partial charge in [0.1, 0.15) is 5.75 Å². The highest BCUT2D eigenvalue weighted by Crippen LogP contribution is 2.33. The number of methoxy groups -OCH3 is 1. The number of ether oxygens (including phenoxy) is 2. The third kappa shape index (κ3) is 5.18. The van der Waals surface area contributed by atoms with E-state index in [4.69, 9.17) is 21.1 Å². The molecule has 2 rings (SSSR count). The molecule has 0 saturated carbocycles. The maximum Gasteiger partial charge on any atom is 0.248 e. The summed E-state index contributed by atoms with van der Waals surface area (Å²) < 4.78 is 11.0. The quantitative estimate of drug-likeness (QED) is 0.578. The third-order valence-corrected chi connectivity index (χ3v) is 3.26. The number of nitrogens with one attached hydrogen (secondary N) is 1. The number of benzene rings is 2. The molecule has 0 aromatic heterocycles. The normalized spacial score (nSPS) is 11.0. The van der Waals surface area contributed by atoms with Gasteiger partial charge in [0.05, 0.1) is 7.11 Å². The number of allylic oxidation sites excluding steroid dienone is 3. The molecule has 5 heteroatoms. The number of halogens is 1. The van der Waals surface area contributed by atoms with Crippen LogP contribution in [0.4, 0.5) is 5.69 Å². The molecule has 2 aromatic carbocycles. The van der Waals surface area contributed by atoms with Gasteiger partial charge in [-0.15, -0.1) is 0 Å². The maximum absolute atomic E-state index is 11.7. The summed E-state index contributed by atoms with van der Waals surface area (Å²) in [5, 5.41) is 3.34. The van der Waals surface area contributed by atoms with Crippen molar-refractivity contribution in [2.45, 2.75) is 6.92 Å². The topological polar surface area (TPSA) is 47.6 Å². The molecule has 4 nitrogen and oxygen atoms in total. The van der Waals surface area contributed by atoms with E-state index in [1.807, 2.05) is 13.0 Å². The Labute approximate surface area is 146 Å². The van der Waals surface area contributed by atoms with E-state index in [-0.39, 0.29) is 5.91 Å². The Morgan fingerprint density at radius 3 is 2.50 bits per heavy atom. The molecule has 0 unspecified atom stereocenters. The summed E-state index contributed by atoms with van der Waals surface area (Å²) in [5.41, 5.74) is 0.681. The van der Waals surface area contributed by atoms with Gasteiger partial charge in [0, 0.05) is 22.9 Å². The predicted molar refractivity (Wildman–Crippen MR) is 97.1 cm³/mol. The van der Waals surface area contributed by atoms with Crippen LogP contribution in [0.2, 0.25) is 5.02 Å². The molecule has 0 spiro atoms. The number of carbonyl (C=O) groups is 1. The average Bonchev–Trinajstić information content (AvgIpc) is 2.58. The van der Waals surface area contributed by atoms with Crippen LogP contribution in [0.1, 0.15) is 6.92 Å². The first-order valence-corrected chi connectivity index (χ1v) is 7.72. The second-order valence-corrected chi connectivity index (χ2v) is 5.23. The Morgan fingerprint density at radius 2 is 1.83 bits per heavy atom. The highest BCUT2D eigenvalue weighted by atomic mass is 35.5. The molecule has 0 atom stereocenters. The lowest BCUT2D eigenvalue weighted by molar-refractivity contribution is -0.111. The number of hydrogen-bond acceptors (Lipinski definition) is 3. The minimum Gasteiger partial charge on any atom is -0.493 e. The van der Waals surface area contributed by atoms with Crippen molar-refractivity contribution in [2.24, 2.45) is 0 Å². The number of anilines is 1. The third-order valence-electron chi connectivity index (χ3n) is 3.03. The van der Waals surface area contributed by atoms with E-state index in [0.29, 0.717) is 28.0 Å². The van der Waals surface area contributed by atoms with Crippen molar-refractivity contribution in [1.82, 2.24) is 0 Å². The molecule has 0 aliphatic rings. The van der Waals surface area contributed by atoms with Crippen molar-refractivity contribution in [2.75, 3.05) is 12.4 Å². The van der Waals surface area contributed by atoms with Crippen molar-refractivity contribution < 1.29 is 14.3 Å². The highest BCUT2D eigenvalue weighted by molar-refractivity contribution is 6.30. The fourth-order valence-corrected chi connectivity index (χ4v) is 2.06. The molecule has 24 heavy (non-hydrogen) atoms. The Morgan fingerprint density at radius 1 is 1.08 bits per heavy atom. The van der Waals surface area contributed by atoms with E-state index in [2.05, 4.69) is 5.32 Å². The molecule has 2 aromatic rings. The predicted octanol–water partition coefficient (Wildman–Crippen LogP) is 5.21. The monoisotopic (exact) mass is 343 g/mol. The van der Waals surface area contributed by atoms with Gasteiger partial charge in [-0.05, 0) is 43.3 Å². The van der Waals surface area contributed by atoms with Gasteiger partial charge < -0.3 is 14.8 Å². The molecule has 0 aliphatic carbocycles. The molecular weight excluding hydrogens is 326 g/mol. The largest absolute Gasteiger partial charge is 0.493 e. The van der Waals surface area contributed by atoms with Gasteiger partial charge in [0.15, 0.2) is 11.5 Å². The zero-order valence-corrected chi connectivity index (χ0v) is 14.2. The second kappa shape index (κ2) is 8.79. The summed E-state index contributed by atoms with van der Waals surface area (Å²) in [6.45, 7) is 1.89. The standard InChI is InChI=1S/C19H18ClNO3/c1-3-4-5-6-19(22)21-15-8-10-16(11-9-15)24-17-12-7-14(20)13-18(17)23-2/h3-13H,1-2H3,(H,21,22)/b4-3+,6-5+. The van der Waals surface area contributed by atoms with Crippen LogP contribution in [-0.2, 0) is 4.79 Å². The zero-order chi connectivity index (χ0) is 17.4. The van der Waals surface area contributed by atoms with E-state index in [1.54, 1.807) is 61.7 Å². The smallest absolute Gasteiger partial charge is 0.248 e. The second-order valence-electron chi connectivity index (χ2n) is 4.80. The minimum absolute atomic E-state index is 0.193. The van der Waals surface area contributed by atoms with Crippen molar-refractivity contribution in [1.29, 1.82) is 0 Å². The van der Waals surface area contributed by atoms with Crippen LogP contribution >= 0.6 is 11.6 Å². The van der Waals surface area contributed by atoms with Crippen molar-refractivity contribution in [3.63, 3.8) is 0 Å². The Kier molecular flexibility index (Phi) is 6.46. The molecule has 1 N–H and O–H groups in total. The van der Waals surface area contributed by atoms with E-state index in [0.717, 1.165) is 0 Å². The molecule has 0 heterocycles. The Hall–Kier alpha value is -2.72. The van der Waals surface area contributed by atoms with E-state index >= 15 is 0 Å². The van der Waals surface area contributed by atoms with Crippen LogP contribution in [0.5, 0.6) is 17.2 Å². The van der Waals surface area contributed by atoms with Crippen LogP contribution < -0.4 is 14.8 Å². The number of rotatable bonds is 6. The van der Waals surface area contributed by atoms with Crippen molar-refractivity contribution in [3.8, 4) is 17.2 Å². The molecule has 0 radical (unpaired) electrons.